The van der Waals surface area contributed by atoms with Crippen LogP contribution in [0.3, 0.4) is 0 Å². The third kappa shape index (κ3) is 3.12. The summed E-state index contributed by atoms with van der Waals surface area (Å²) in [5.74, 6) is -0.0116. The lowest BCUT2D eigenvalue weighted by atomic mass is 10.0. The van der Waals surface area contributed by atoms with Gasteiger partial charge in [0.05, 0.1) is 7.11 Å². The van der Waals surface area contributed by atoms with Crippen molar-refractivity contribution in [1.82, 2.24) is 0 Å². The maximum Gasteiger partial charge on any atom is 0.185 e. The van der Waals surface area contributed by atoms with Crippen molar-refractivity contribution in [3.05, 3.63) is 65.5 Å². The number of hydrogen-bond acceptors (Lipinski definition) is 2. The average molecular weight is 279 g/mol. The van der Waals surface area contributed by atoms with Gasteiger partial charge in [-0.1, -0.05) is 24.3 Å². The van der Waals surface area contributed by atoms with E-state index in [0.717, 1.165) is 0 Å². The predicted molar refractivity (Wildman–Crippen MR) is 72.3 cm³/mol. The number of ether oxygens (including phenoxy) is 1. The molecule has 0 aliphatic heterocycles. The molecule has 0 radical (unpaired) electrons. The maximum absolute atomic E-state index is 12.8. The van der Waals surface area contributed by atoms with Gasteiger partial charge >= 0.3 is 0 Å². The third-order valence-corrected chi connectivity index (χ3v) is 3.20. The molecule has 4 heteroatoms. The summed E-state index contributed by atoms with van der Waals surface area (Å²) in [5, 5.41) is -0.840. The van der Waals surface area contributed by atoms with Crippen molar-refractivity contribution >= 4 is 17.4 Å². The zero-order valence-electron chi connectivity index (χ0n) is 10.3. The molecule has 2 aromatic rings. The molecule has 0 aliphatic carbocycles. The minimum Gasteiger partial charge on any atom is -0.497 e. The third-order valence-electron chi connectivity index (χ3n) is 2.75. The molecule has 2 rings (SSSR count). The summed E-state index contributed by atoms with van der Waals surface area (Å²) in [6.07, 6.45) is 0. The lowest BCUT2D eigenvalue weighted by Crippen LogP contribution is -2.07. The normalized spacial score (nSPS) is 11.9. The Balaban J connectivity index is 2.25. The van der Waals surface area contributed by atoms with Crippen LogP contribution in [0.15, 0.2) is 48.5 Å². The minimum absolute atomic E-state index is 0.243. The number of hydrogen-bond donors (Lipinski definition) is 0. The van der Waals surface area contributed by atoms with Gasteiger partial charge in [0.25, 0.3) is 0 Å². The fourth-order valence-electron chi connectivity index (χ4n) is 1.71. The number of Topliss-reactive ketones (excluding diaryl/α,β-unsaturated/α-hetero) is 1. The van der Waals surface area contributed by atoms with Gasteiger partial charge in [-0.15, -0.1) is 11.6 Å². The van der Waals surface area contributed by atoms with Crippen molar-refractivity contribution in [1.29, 1.82) is 0 Å². The van der Waals surface area contributed by atoms with Crippen molar-refractivity contribution in [2.45, 2.75) is 5.38 Å². The van der Waals surface area contributed by atoms with Gasteiger partial charge in [0.1, 0.15) is 16.9 Å². The van der Waals surface area contributed by atoms with E-state index in [1.165, 1.54) is 31.4 Å². The molecule has 0 aliphatic rings. The second-order valence-corrected chi connectivity index (χ2v) is 4.45. The van der Waals surface area contributed by atoms with Crippen LogP contribution in [0.2, 0.25) is 0 Å². The monoisotopic (exact) mass is 278 g/mol. The summed E-state index contributed by atoms with van der Waals surface area (Å²) < 4.78 is 17.9. The van der Waals surface area contributed by atoms with Crippen LogP contribution in [0, 0.1) is 5.82 Å². The topological polar surface area (TPSA) is 26.3 Å². The van der Waals surface area contributed by atoms with Crippen molar-refractivity contribution in [2.75, 3.05) is 7.11 Å². The number of benzene rings is 2. The second-order valence-electron chi connectivity index (χ2n) is 4.01. The molecule has 98 valence electrons. The highest BCUT2D eigenvalue weighted by atomic mass is 35.5. The van der Waals surface area contributed by atoms with Crippen LogP contribution in [-0.4, -0.2) is 12.9 Å². The molecule has 19 heavy (non-hydrogen) atoms. The number of rotatable bonds is 4. The van der Waals surface area contributed by atoms with Gasteiger partial charge in [0, 0.05) is 5.56 Å². The predicted octanol–water partition coefficient (Wildman–Crippen LogP) is 4.00. The molecule has 0 bridgehead atoms. The molecule has 0 amide bonds. The highest BCUT2D eigenvalue weighted by Gasteiger charge is 2.19. The van der Waals surface area contributed by atoms with E-state index in [9.17, 15) is 9.18 Å². The fourth-order valence-corrected chi connectivity index (χ4v) is 1.98. The molecule has 0 spiro atoms. The molecule has 0 aromatic heterocycles. The van der Waals surface area contributed by atoms with E-state index in [4.69, 9.17) is 16.3 Å². The second kappa shape index (κ2) is 5.85. The van der Waals surface area contributed by atoms with Crippen LogP contribution in [0.5, 0.6) is 5.75 Å². The molecule has 2 nitrogen and oxygen atoms in total. The summed E-state index contributed by atoms with van der Waals surface area (Å²) in [6.45, 7) is 0. The van der Waals surface area contributed by atoms with Crippen LogP contribution >= 0.6 is 11.6 Å². The Morgan fingerprint density at radius 3 is 2.53 bits per heavy atom. The molecular formula is C15H12ClFO2. The molecule has 0 heterocycles. The summed E-state index contributed by atoms with van der Waals surface area (Å²) in [6, 6.07) is 12.3. The molecular weight excluding hydrogens is 267 g/mol. The molecule has 1 atom stereocenters. The summed E-state index contributed by atoms with van der Waals surface area (Å²) >= 11 is 6.13. The van der Waals surface area contributed by atoms with E-state index >= 15 is 0 Å². The van der Waals surface area contributed by atoms with E-state index in [-0.39, 0.29) is 11.6 Å². The lowest BCUT2D eigenvalue weighted by molar-refractivity contribution is 0.0986. The number of alkyl halides is 1. The van der Waals surface area contributed by atoms with Crippen LogP contribution in [0.25, 0.3) is 0 Å². The largest absolute Gasteiger partial charge is 0.497 e. The first kappa shape index (κ1) is 13.6. The quantitative estimate of drug-likeness (QED) is 0.624. The molecule has 1 unspecified atom stereocenters. The Morgan fingerprint density at radius 1 is 1.21 bits per heavy atom. The van der Waals surface area contributed by atoms with Gasteiger partial charge in [-0.25, -0.2) is 4.39 Å². The number of ketones is 1. The molecule has 2 aromatic carbocycles. The smallest absolute Gasteiger partial charge is 0.185 e. The van der Waals surface area contributed by atoms with E-state index in [1.54, 1.807) is 24.3 Å². The van der Waals surface area contributed by atoms with Crippen molar-refractivity contribution < 1.29 is 13.9 Å². The van der Waals surface area contributed by atoms with Gasteiger partial charge in [-0.3, -0.25) is 4.79 Å². The maximum atomic E-state index is 12.8. The Morgan fingerprint density at radius 2 is 1.89 bits per heavy atom. The van der Waals surface area contributed by atoms with Gasteiger partial charge in [0.2, 0.25) is 0 Å². The fraction of sp³-hybridized carbons (Fsp3) is 0.133. The first-order valence-electron chi connectivity index (χ1n) is 5.69. The average Bonchev–Trinajstić information content (AvgIpc) is 2.46. The van der Waals surface area contributed by atoms with Gasteiger partial charge in [-0.2, -0.15) is 0 Å². The molecule has 0 N–H and O–H groups in total. The Hall–Kier alpha value is -1.87. The Bertz CT molecular complexity index is 581. The van der Waals surface area contributed by atoms with E-state index < -0.39 is 5.38 Å². The summed E-state index contributed by atoms with van der Waals surface area (Å²) in [5.41, 5.74) is 1.03. The highest BCUT2D eigenvalue weighted by molar-refractivity contribution is 6.33. The molecule has 0 fully saturated rings. The van der Waals surface area contributed by atoms with Gasteiger partial charge < -0.3 is 4.74 Å². The lowest BCUT2D eigenvalue weighted by Gasteiger charge is -2.10. The Kier molecular flexibility index (Phi) is 4.17. The van der Waals surface area contributed by atoms with Crippen molar-refractivity contribution in [3.8, 4) is 5.75 Å². The van der Waals surface area contributed by atoms with Gasteiger partial charge in [0.15, 0.2) is 5.78 Å². The number of halogens is 2. The van der Waals surface area contributed by atoms with E-state index in [2.05, 4.69) is 0 Å². The standard InChI is InChI=1S/C15H12ClFO2/c1-19-13-4-2-3-11(9-13)15(18)14(16)10-5-7-12(17)8-6-10/h2-9,14H,1H3. The van der Waals surface area contributed by atoms with Crippen molar-refractivity contribution in [3.63, 3.8) is 0 Å². The van der Waals surface area contributed by atoms with Crippen LogP contribution in [0.4, 0.5) is 4.39 Å². The highest BCUT2D eigenvalue weighted by Crippen LogP contribution is 2.26. The van der Waals surface area contributed by atoms with E-state index in [0.29, 0.717) is 16.9 Å². The first-order chi connectivity index (χ1) is 9.11. The molecule has 0 saturated carbocycles. The molecule has 0 saturated heterocycles. The minimum atomic E-state index is -0.840. The zero-order chi connectivity index (χ0) is 13.8. The number of carbonyl (C=O) groups excluding carboxylic acids is 1. The van der Waals surface area contributed by atoms with Crippen LogP contribution in [0.1, 0.15) is 21.3 Å². The number of methoxy groups -OCH3 is 1. The number of carbonyl (C=O) groups is 1. The van der Waals surface area contributed by atoms with Crippen molar-refractivity contribution in [2.24, 2.45) is 0 Å². The van der Waals surface area contributed by atoms with Crippen LogP contribution in [-0.2, 0) is 0 Å². The van der Waals surface area contributed by atoms with Gasteiger partial charge in [-0.05, 0) is 29.8 Å². The Labute approximate surface area is 115 Å². The summed E-state index contributed by atoms with van der Waals surface area (Å²) in [4.78, 5) is 12.2. The summed E-state index contributed by atoms with van der Waals surface area (Å²) in [7, 11) is 1.53. The van der Waals surface area contributed by atoms with Crippen LogP contribution < -0.4 is 4.74 Å². The zero-order valence-corrected chi connectivity index (χ0v) is 11.0. The van der Waals surface area contributed by atoms with E-state index in [1.807, 2.05) is 0 Å². The SMILES string of the molecule is COc1cccc(C(=O)C(Cl)c2ccc(F)cc2)c1. The first-order valence-corrected chi connectivity index (χ1v) is 6.13.